The van der Waals surface area contributed by atoms with Crippen molar-refractivity contribution in [2.75, 3.05) is 10.6 Å². The Hall–Kier alpha value is -3.75. The number of nitrogens with one attached hydrogen (secondary N) is 3. The minimum atomic E-state index is -0.808. The number of carbonyl (C=O) groups is 2. The average molecular weight is 413 g/mol. The van der Waals surface area contributed by atoms with E-state index in [1.165, 1.54) is 16.9 Å². The molecule has 0 aliphatic carbocycles. The highest BCUT2D eigenvalue weighted by atomic mass is 19.1. The summed E-state index contributed by atoms with van der Waals surface area (Å²) in [5.41, 5.74) is 1.31. The van der Waals surface area contributed by atoms with Gasteiger partial charge in [-0.25, -0.2) is 13.6 Å². The lowest BCUT2D eigenvalue weighted by atomic mass is 10.1. The van der Waals surface area contributed by atoms with Crippen LogP contribution in [-0.4, -0.2) is 27.8 Å². The molecule has 156 valence electrons. The van der Waals surface area contributed by atoms with E-state index in [-0.39, 0.29) is 28.9 Å². The van der Waals surface area contributed by atoms with Crippen molar-refractivity contribution >= 4 is 23.3 Å². The number of anilines is 2. The summed E-state index contributed by atoms with van der Waals surface area (Å²) in [5.74, 6) is -2.02. The molecule has 9 heteroatoms. The Morgan fingerprint density at radius 3 is 2.23 bits per heavy atom. The van der Waals surface area contributed by atoms with Crippen LogP contribution in [0.25, 0.3) is 11.3 Å². The van der Waals surface area contributed by atoms with Crippen molar-refractivity contribution in [1.82, 2.24) is 15.1 Å². The van der Waals surface area contributed by atoms with Gasteiger partial charge in [0.2, 0.25) is 0 Å². The summed E-state index contributed by atoms with van der Waals surface area (Å²) in [6, 6.07) is 9.29. The Morgan fingerprint density at radius 2 is 1.63 bits per heavy atom. The number of hydrogen-bond acceptors (Lipinski definition) is 3. The summed E-state index contributed by atoms with van der Waals surface area (Å²) in [5, 5.41) is 12.2. The maximum atomic E-state index is 14.2. The molecule has 0 saturated carbocycles. The fraction of sp³-hybridized carbons (Fsp3) is 0.190. The van der Waals surface area contributed by atoms with Crippen LogP contribution in [0.3, 0.4) is 0 Å². The normalized spacial score (nSPS) is 10.7. The van der Waals surface area contributed by atoms with Crippen LogP contribution in [0.15, 0.2) is 48.7 Å². The third-order valence-corrected chi connectivity index (χ3v) is 4.08. The molecule has 1 heterocycles. The molecule has 3 amide bonds. The van der Waals surface area contributed by atoms with Gasteiger partial charge in [0.05, 0.1) is 5.56 Å². The molecular formula is C21H21F2N5O2. The Kier molecular flexibility index (Phi) is 6.10. The summed E-state index contributed by atoms with van der Waals surface area (Å²) in [6.45, 7) is 3.70. The number of amides is 3. The first-order valence-electron chi connectivity index (χ1n) is 9.21. The summed E-state index contributed by atoms with van der Waals surface area (Å²) in [6.07, 6.45) is 1.46. The summed E-state index contributed by atoms with van der Waals surface area (Å²) in [7, 11) is 1.60. The van der Waals surface area contributed by atoms with Crippen LogP contribution in [0, 0.1) is 11.6 Å². The maximum Gasteiger partial charge on any atom is 0.319 e. The van der Waals surface area contributed by atoms with E-state index in [0.717, 1.165) is 12.1 Å². The van der Waals surface area contributed by atoms with Gasteiger partial charge in [-0.15, -0.1) is 0 Å². The van der Waals surface area contributed by atoms with E-state index in [1.807, 2.05) is 13.8 Å². The van der Waals surface area contributed by atoms with Gasteiger partial charge in [0.15, 0.2) is 0 Å². The van der Waals surface area contributed by atoms with Crippen LogP contribution in [0.1, 0.15) is 24.2 Å². The highest BCUT2D eigenvalue weighted by Crippen LogP contribution is 2.26. The predicted molar refractivity (Wildman–Crippen MR) is 110 cm³/mol. The number of rotatable bonds is 5. The topological polar surface area (TPSA) is 88.0 Å². The van der Waals surface area contributed by atoms with Gasteiger partial charge in [-0.3, -0.25) is 9.48 Å². The number of benzene rings is 2. The Morgan fingerprint density at radius 1 is 1.00 bits per heavy atom. The molecule has 0 saturated heterocycles. The van der Waals surface area contributed by atoms with Crippen molar-refractivity contribution in [3.63, 3.8) is 0 Å². The van der Waals surface area contributed by atoms with Gasteiger partial charge in [0.25, 0.3) is 5.91 Å². The fourth-order valence-corrected chi connectivity index (χ4v) is 2.80. The molecule has 0 aliphatic rings. The second kappa shape index (κ2) is 8.73. The summed E-state index contributed by atoms with van der Waals surface area (Å²) < 4.78 is 28.8. The van der Waals surface area contributed by atoms with Crippen LogP contribution in [0.4, 0.5) is 25.0 Å². The maximum absolute atomic E-state index is 14.2. The van der Waals surface area contributed by atoms with Crippen LogP contribution < -0.4 is 16.0 Å². The molecule has 0 atom stereocenters. The van der Waals surface area contributed by atoms with E-state index in [2.05, 4.69) is 21.0 Å². The van der Waals surface area contributed by atoms with Crippen LogP contribution in [-0.2, 0) is 7.05 Å². The molecule has 0 radical (unpaired) electrons. The van der Waals surface area contributed by atoms with Gasteiger partial charge < -0.3 is 16.0 Å². The lowest BCUT2D eigenvalue weighted by Crippen LogP contribution is -2.34. The summed E-state index contributed by atoms with van der Waals surface area (Å²) in [4.78, 5) is 24.5. The first kappa shape index (κ1) is 21.0. The molecule has 1 aromatic heterocycles. The zero-order valence-corrected chi connectivity index (χ0v) is 16.7. The number of aromatic nitrogens is 2. The van der Waals surface area contributed by atoms with Gasteiger partial charge in [-0.2, -0.15) is 5.10 Å². The van der Waals surface area contributed by atoms with Gasteiger partial charge in [-0.1, -0.05) is 0 Å². The molecule has 0 spiro atoms. The largest absolute Gasteiger partial charge is 0.336 e. The highest BCUT2D eigenvalue weighted by molar-refractivity contribution is 6.08. The second-order valence-corrected chi connectivity index (χ2v) is 6.97. The number of nitrogens with zero attached hydrogens (tertiary/aromatic N) is 2. The van der Waals surface area contributed by atoms with Gasteiger partial charge in [-0.05, 0) is 50.2 Å². The van der Waals surface area contributed by atoms with E-state index in [1.54, 1.807) is 31.3 Å². The SMILES string of the molecule is CC(C)NC(=O)Nc1ccc(NC(=O)c2cn(C)nc2-c2ccc(F)cc2F)cc1. The van der Waals surface area contributed by atoms with E-state index < -0.39 is 17.5 Å². The molecule has 7 nitrogen and oxygen atoms in total. The van der Waals surface area contributed by atoms with Crippen molar-refractivity contribution < 1.29 is 18.4 Å². The number of hydrogen-bond donors (Lipinski definition) is 3. The third kappa shape index (κ3) is 4.99. The second-order valence-electron chi connectivity index (χ2n) is 6.97. The zero-order valence-electron chi connectivity index (χ0n) is 16.7. The lowest BCUT2D eigenvalue weighted by molar-refractivity contribution is 0.102. The standard InChI is InChI=1S/C21H21F2N5O2/c1-12(2)24-21(30)26-15-7-5-14(6-8-15)25-20(29)17-11-28(3)27-19(17)16-9-4-13(22)10-18(16)23/h4-12H,1-3H3,(H,25,29)(H2,24,26,30). The minimum absolute atomic E-state index is 0.00295. The van der Waals surface area contributed by atoms with Gasteiger partial charge in [0.1, 0.15) is 17.3 Å². The van der Waals surface area contributed by atoms with Gasteiger partial charge >= 0.3 is 6.03 Å². The monoisotopic (exact) mass is 413 g/mol. The first-order chi connectivity index (χ1) is 14.2. The smallest absolute Gasteiger partial charge is 0.319 e. The average Bonchev–Trinajstić information content (AvgIpc) is 3.04. The molecule has 0 fully saturated rings. The lowest BCUT2D eigenvalue weighted by Gasteiger charge is -2.11. The molecular weight excluding hydrogens is 392 g/mol. The number of aryl methyl sites for hydroxylation is 1. The molecule has 0 aliphatic heterocycles. The predicted octanol–water partition coefficient (Wildman–Crippen LogP) is 4.15. The molecule has 3 aromatic rings. The van der Waals surface area contributed by atoms with Crippen molar-refractivity contribution in [2.24, 2.45) is 7.05 Å². The fourth-order valence-electron chi connectivity index (χ4n) is 2.80. The van der Waals surface area contributed by atoms with Crippen LogP contribution in [0.5, 0.6) is 0 Å². The molecule has 0 unspecified atom stereocenters. The van der Waals surface area contributed by atoms with Crippen LogP contribution in [0.2, 0.25) is 0 Å². The number of urea groups is 1. The minimum Gasteiger partial charge on any atom is -0.336 e. The van der Waals surface area contributed by atoms with Crippen molar-refractivity contribution in [2.45, 2.75) is 19.9 Å². The highest BCUT2D eigenvalue weighted by Gasteiger charge is 2.20. The Bertz CT molecular complexity index is 1080. The first-order valence-corrected chi connectivity index (χ1v) is 9.21. The number of carbonyl (C=O) groups excluding carboxylic acids is 2. The van der Waals surface area contributed by atoms with E-state index in [4.69, 9.17) is 0 Å². The summed E-state index contributed by atoms with van der Waals surface area (Å²) >= 11 is 0. The van der Waals surface area contributed by atoms with Crippen molar-refractivity contribution in [3.8, 4) is 11.3 Å². The Labute approximate surface area is 172 Å². The molecule has 30 heavy (non-hydrogen) atoms. The molecule has 0 bridgehead atoms. The Balaban J connectivity index is 1.76. The molecule has 3 rings (SSSR count). The number of halogens is 2. The molecule has 2 aromatic carbocycles. The van der Waals surface area contributed by atoms with Crippen molar-refractivity contribution in [1.29, 1.82) is 0 Å². The van der Waals surface area contributed by atoms with Gasteiger partial charge in [0, 0.05) is 42.3 Å². The van der Waals surface area contributed by atoms with Crippen LogP contribution >= 0.6 is 0 Å². The third-order valence-electron chi connectivity index (χ3n) is 4.08. The van der Waals surface area contributed by atoms with E-state index in [0.29, 0.717) is 11.4 Å². The van der Waals surface area contributed by atoms with Crippen molar-refractivity contribution in [3.05, 3.63) is 65.9 Å². The zero-order chi connectivity index (χ0) is 21.8. The van der Waals surface area contributed by atoms with E-state index in [9.17, 15) is 18.4 Å². The quantitative estimate of drug-likeness (QED) is 0.587. The van der Waals surface area contributed by atoms with E-state index >= 15 is 0 Å². The molecule has 3 N–H and O–H groups in total.